The van der Waals surface area contributed by atoms with E-state index in [1.165, 1.54) is 0 Å². The zero-order valence-corrected chi connectivity index (χ0v) is 11.2. The summed E-state index contributed by atoms with van der Waals surface area (Å²) in [6.07, 6.45) is 2.16. The molecule has 0 fully saturated rings. The van der Waals surface area contributed by atoms with Crippen molar-refractivity contribution in [1.29, 1.82) is 0 Å². The van der Waals surface area contributed by atoms with Crippen molar-refractivity contribution in [2.24, 2.45) is 0 Å². The van der Waals surface area contributed by atoms with Crippen molar-refractivity contribution in [1.82, 2.24) is 10.2 Å². The lowest BCUT2D eigenvalue weighted by Crippen LogP contribution is -2.10. The van der Waals surface area contributed by atoms with Crippen molar-refractivity contribution in [2.75, 3.05) is 11.9 Å². The third kappa shape index (κ3) is 2.03. The van der Waals surface area contributed by atoms with Crippen molar-refractivity contribution in [3.8, 4) is 16.9 Å². The number of amides is 1. The van der Waals surface area contributed by atoms with Crippen molar-refractivity contribution in [2.45, 2.75) is 6.42 Å². The van der Waals surface area contributed by atoms with Gasteiger partial charge in [-0.25, -0.2) is 0 Å². The van der Waals surface area contributed by atoms with E-state index in [4.69, 9.17) is 4.74 Å². The second kappa shape index (κ2) is 4.63. The Morgan fingerprint density at radius 3 is 3.10 bits per heavy atom. The van der Waals surface area contributed by atoms with Gasteiger partial charge in [0.1, 0.15) is 0 Å². The Morgan fingerprint density at radius 1 is 1.19 bits per heavy atom. The Bertz CT molecular complexity index is 838. The Kier molecular flexibility index (Phi) is 2.64. The molecule has 0 spiro atoms. The molecule has 0 atom stereocenters. The maximum atomic E-state index is 11.6. The molecule has 21 heavy (non-hydrogen) atoms. The van der Waals surface area contributed by atoms with Gasteiger partial charge in [0.25, 0.3) is 0 Å². The average molecular weight is 279 g/mol. The lowest BCUT2D eigenvalue weighted by atomic mass is 10.0. The van der Waals surface area contributed by atoms with Crippen molar-refractivity contribution >= 4 is 22.5 Å². The van der Waals surface area contributed by atoms with Crippen LogP contribution in [0.3, 0.4) is 0 Å². The number of hydrogen-bond donors (Lipinski definition) is 2. The van der Waals surface area contributed by atoms with Crippen LogP contribution in [-0.2, 0) is 4.79 Å². The monoisotopic (exact) mass is 279 g/mol. The number of ether oxygens (including phenoxy) is 1. The normalized spacial score (nSPS) is 14.2. The van der Waals surface area contributed by atoms with Gasteiger partial charge in [-0.1, -0.05) is 18.2 Å². The SMILES string of the molecule is O=C1CCOc2c(cccc2-c2ccc3[nH]ncc3c2)N1. The van der Waals surface area contributed by atoms with Gasteiger partial charge in [0, 0.05) is 10.9 Å². The molecule has 0 radical (unpaired) electrons. The summed E-state index contributed by atoms with van der Waals surface area (Å²) in [5.41, 5.74) is 3.73. The summed E-state index contributed by atoms with van der Waals surface area (Å²) in [5.74, 6) is 0.711. The topological polar surface area (TPSA) is 67.0 Å². The molecule has 0 bridgehead atoms. The summed E-state index contributed by atoms with van der Waals surface area (Å²) in [6, 6.07) is 11.8. The van der Waals surface area contributed by atoms with Gasteiger partial charge in [0.15, 0.2) is 5.75 Å². The molecule has 0 saturated carbocycles. The molecule has 1 aromatic heterocycles. The Hall–Kier alpha value is -2.82. The fourth-order valence-corrected chi connectivity index (χ4v) is 2.59. The zero-order valence-electron chi connectivity index (χ0n) is 11.2. The lowest BCUT2D eigenvalue weighted by molar-refractivity contribution is -0.116. The highest BCUT2D eigenvalue weighted by Gasteiger charge is 2.17. The van der Waals surface area contributed by atoms with E-state index < -0.39 is 0 Å². The van der Waals surface area contributed by atoms with E-state index in [1.54, 1.807) is 6.20 Å². The maximum absolute atomic E-state index is 11.6. The predicted octanol–water partition coefficient (Wildman–Crippen LogP) is 2.95. The average Bonchev–Trinajstić information content (AvgIpc) is 2.87. The molecule has 5 nitrogen and oxygen atoms in total. The first-order chi connectivity index (χ1) is 10.3. The van der Waals surface area contributed by atoms with Gasteiger partial charge in [-0.3, -0.25) is 9.89 Å². The molecular formula is C16H13N3O2. The van der Waals surface area contributed by atoms with E-state index in [0.29, 0.717) is 13.0 Å². The van der Waals surface area contributed by atoms with E-state index >= 15 is 0 Å². The molecule has 2 heterocycles. The highest BCUT2D eigenvalue weighted by atomic mass is 16.5. The number of rotatable bonds is 1. The third-order valence-electron chi connectivity index (χ3n) is 3.62. The van der Waals surface area contributed by atoms with E-state index in [2.05, 4.69) is 21.6 Å². The Labute approximate surface area is 120 Å². The number of carbonyl (C=O) groups is 1. The van der Waals surface area contributed by atoms with Gasteiger partial charge < -0.3 is 10.1 Å². The van der Waals surface area contributed by atoms with Crippen LogP contribution in [-0.4, -0.2) is 22.7 Å². The number of nitrogens with zero attached hydrogens (tertiary/aromatic N) is 1. The summed E-state index contributed by atoms with van der Waals surface area (Å²) in [4.78, 5) is 11.6. The van der Waals surface area contributed by atoms with Crippen LogP contribution in [0.4, 0.5) is 5.69 Å². The molecular weight excluding hydrogens is 266 g/mol. The molecule has 5 heteroatoms. The standard InChI is InChI=1S/C16H13N3O2/c20-15-6-7-21-16-12(2-1-3-14(16)18-15)10-4-5-13-11(8-10)9-17-19-13/h1-5,8-9H,6-7H2,(H,17,19)(H,18,20). The fourth-order valence-electron chi connectivity index (χ4n) is 2.59. The van der Waals surface area contributed by atoms with E-state index in [1.807, 2.05) is 30.3 Å². The predicted molar refractivity (Wildman–Crippen MR) is 80.3 cm³/mol. The molecule has 3 aromatic rings. The van der Waals surface area contributed by atoms with Crippen LogP contribution in [0.2, 0.25) is 0 Å². The minimum atomic E-state index is -0.0174. The summed E-state index contributed by atoms with van der Waals surface area (Å²) < 4.78 is 5.79. The summed E-state index contributed by atoms with van der Waals surface area (Å²) >= 11 is 0. The Morgan fingerprint density at radius 2 is 2.14 bits per heavy atom. The van der Waals surface area contributed by atoms with Gasteiger partial charge in [0.05, 0.1) is 30.4 Å². The minimum Gasteiger partial charge on any atom is -0.490 e. The molecule has 1 amide bonds. The molecule has 2 aromatic carbocycles. The molecule has 4 rings (SSSR count). The van der Waals surface area contributed by atoms with Gasteiger partial charge in [-0.05, 0) is 23.8 Å². The van der Waals surface area contributed by atoms with Gasteiger partial charge in [-0.15, -0.1) is 0 Å². The number of carbonyl (C=O) groups excluding carboxylic acids is 1. The van der Waals surface area contributed by atoms with E-state index in [9.17, 15) is 4.79 Å². The number of benzene rings is 2. The Balaban J connectivity index is 1.88. The van der Waals surface area contributed by atoms with Crippen molar-refractivity contribution < 1.29 is 9.53 Å². The molecule has 1 aliphatic rings. The van der Waals surface area contributed by atoms with Crippen molar-refractivity contribution in [3.63, 3.8) is 0 Å². The second-order valence-corrected chi connectivity index (χ2v) is 5.00. The van der Waals surface area contributed by atoms with E-state index in [0.717, 1.165) is 33.5 Å². The lowest BCUT2D eigenvalue weighted by Gasteiger charge is -2.12. The number of hydrogen-bond acceptors (Lipinski definition) is 3. The molecule has 1 aliphatic heterocycles. The summed E-state index contributed by atoms with van der Waals surface area (Å²) in [5, 5.41) is 10.9. The summed E-state index contributed by atoms with van der Waals surface area (Å²) in [6.45, 7) is 0.393. The van der Waals surface area contributed by atoms with Crippen LogP contribution >= 0.6 is 0 Å². The van der Waals surface area contributed by atoms with Gasteiger partial charge >= 0.3 is 0 Å². The van der Waals surface area contributed by atoms with Crippen LogP contribution in [0.25, 0.3) is 22.0 Å². The van der Waals surface area contributed by atoms with Crippen LogP contribution < -0.4 is 10.1 Å². The number of aromatic nitrogens is 2. The second-order valence-electron chi connectivity index (χ2n) is 5.00. The minimum absolute atomic E-state index is 0.0174. The third-order valence-corrected chi connectivity index (χ3v) is 3.62. The first-order valence-electron chi connectivity index (χ1n) is 6.80. The molecule has 0 unspecified atom stereocenters. The fraction of sp³-hybridized carbons (Fsp3) is 0.125. The molecule has 0 aliphatic carbocycles. The van der Waals surface area contributed by atoms with Crippen LogP contribution in [0.15, 0.2) is 42.6 Å². The largest absolute Gasteiger partial charge is 0.490 e. The van der Waals surface area contributed by atoms with Crippen molar-refractivity contribution in [3.05, 3.63) is 42.6 Å². The highest BCUT2D eigenvalue weighted by molar-refractivity contribution is 5.96. The zero-order chi connectivity index (χ0) is 14.2. The smallest absolute Gasteiger partial charge is 0.227 e. The number of H-pyrrole nitrogens is 1. The molecule has 0 saturated heterocycles. The summed E-state index contributed by atoms with van der Waals surface area (Å²) in [7, 11) is 0. The molecule has 2 N–H and O–H groups in total. The van der Waals surface area contributed by atoms with Gasteiger partial charge in [0.2, 0.25) is 5.91 Å². The molecule has 104 valence electrons. The van der Waals surface area contributed by atoms with Crippen LogP contribution in [0.1, 0.15) is 6.42 Å². The number of aromatic amines is 1. The maximum Gasteiger partial charge on any atom is 0.227 e. The van der Waals surface area contributed by atoms with Crippen LogP contribution in [0, 0.1) is 0 Å². The van der Waals surface area contributed by atoms with E-state index in [-0.39, 0.29) is 5.91 Å². The number of fused-ring (bicyclic) bond motifs is 2. The highest BCUT2D eigenvalue weighted by Crippen LogP contribution is 2.38. The number of nitrogens with one attached hydrogen (secondary N) is 2. The quantitative estimate of drug-likeness (QED) is 0.719. The number of para-hydroxylation sites is 1. The number of anilines is 1. The van der Waals surface area contributed by atoms with Gasteiger partial charge in [-0.2, -0.15) is 5.10 Å². The first-order valence-corrected chi connectivity index (χ1v) is 6.80. The van der Waals surface area contributed by atoms with Crippen LogP contribution in [0.5, 0.6) is 5.75 Å². The first kappa shape index (κ1) is 12.0.